The molecule has 0 aliphatic heterocycles. The van der Waals surface area contributed by atoms with Gasteiger partial charge in [0.2, 0.25) is 10.0 Å². The van der Waals surface area contributed by atoms with Gasteiger partial charge in [-0.2, -0.15) is 0 Å². The summed E-state index contributed by atoms with van der Waals surface area (Å²) >= 11 is 0. The maximum atomic E-state index is 12.5. The Hall–Kier alpha value is -1.67. The summed E-state index contributed by atoms with van der Waals surface area (Å²) in [5.74, 6) is 2.00. The summed E-state index contributed by atoms with van der Waals surface area (Å²) in [4.78, 5) is 13.9. The van der Waals surface area contributed by atoms with E-state index in [1.807, 2.05) is 19.3 Å². The molecule has 2 aliphatic carbocycles. The first-order valence-electron chi connectivity index (χ1n) is 8.89. The highest BCUT2D eigenvalue weighted by Gasteiger charge is 2.38. The second kappa shape index (κ2) is 6.25. The van der Waals surface area contributed by atoms with Gasteiger partial charge in [-0.1, -0.05) is 0 Å². The second-order valence-electron chi connectivity index (χ2n) is 7.54. The summed E-state index contributed by atoms with van der Waals surface area (Å²) in [6.07, 6.45) is 7.55. The molecular formula is C17H25N5O2S. The maximum Gasteiger partial charge on any atom is 0.214 e. The Morgan fingerprint density at radius 2 is 1.96 bits per heavy atom. The summed E-state index contributed by atoms with van der Waals surface area (Å²) in [7, 11) is 0.622. The van der Waals surface area contributed by atoms with Crippen LogP contribution >= 0.6 is 0 Å². The van der Waals surface area contributed by atoms with E-state index in [9.17, 15) is 8.42 Å². The molecule has 136 valence electrons. The standard InChI is InChI=1S/C17H25N5O2S/c1-21(9-12-3-4-12)25(23,24)10-13-7-14(8-13)22(2)17-15-5-6-18-16(15)19-11-20-17/h5-6,11-14H,3-4,7-10H2,1-2H3,(H,18,19,20). The maximum absolute atomic E-state index is 12.5. The Morgan fingerprint density at radius 1 is 1.20 bits per heavy atom. The van der Waals surface area contributed by atoms with Gasteiger partial charge in [-0.15, -0.1) is 0 Å². The van der Waals surface area contributed by atoms with Crippen LogP contribution in [-0.4, -0.2) is 60.1 Å². The lowest BCUT2D eigenvalue weighted by molar-refractivity contribution is 0.278. The number of fused-ring (bicyclic) bond motifs is 1. The smallest absolute Gasteiger partial charge is 0.214 e. The van der Waals surface area contributed by atoms with Crippen molar-refractivity contribution in [2.75, 3.05) is 31.3 Å². The lowest BCUT2D eigenvalue weighted by Crippen LogP contribution is -2.46. The predicted molar refractivity (Wildman–Crippen MR) is 97.9 cm³/mol. The first kappa shape index (κ1) is 16.8. The first-order valence-corrected chi connectivity index (χ1v) is 10.5. The van der Waals surface area contributed by atoms with Gasteiger partial charge in [0, 0.05) is 32.9 Å². The third-order valence-corrected chi connectivity index (χ3v) is 7.55. The number of nitrogens with one attached hydrogen (secondary N) is 1. The van der Waals surface area contributed by atoms with E-state index in [4.69, 9.17) is 0 Å². The van der Waals surface area contributed by atoms with Crippen LogP contribution in [0, 0.1) is 11.8 Å². The zero-order valence-corrected chi connectivity index (χ0v) is 15.5. The number of sulfonamides is 1. The highest BCUT2D eigenvalue weighted by molar-refractivity contribution is 7.89. The molecule has 2 aromatic rings. The molecule has 7 nitrogen and oxygen atoms in total. The normalized spacial score (nSPS) is 23.8. The van der Waals surface area contributed by atoms with Crippen molar-refractivity contribution < 1.29 is 8.42 Å². The molecule has 2 fully saturated rings. The number of hydrogen-bond acceptors (Lipinski definition) is 5. The van der Waals surface area contributed by atoms with Crippen molar-refractivity contribution in [3.63, 3.8) is 0 Å². The molecular weight excluding hydrogens is 338 g/mol. The van der Waals surface area contributed by atoms with Crippen LogP contribution in [0.25, 0.3) is 11.0 Å². The first-order chi connectivity index (χ1) is 11.9. The molecule has 0 radical (unpaired) electrons. The van der Waals surface area contributed by atoms with Crippen LogP contribution in [0.2, 0.25) is 0 Å². The molecule has 2 aromatic heterocycles. The predicted octanol–water partition coefficient (Wildman–Crippen LogP) is 1.84. The lowest BCUT2D eigenvalue weighted by atomic mass is 9.81. The number of rotatable bonds is 7. The molecule has 0 spiro atoms. The summed E-state index contributed by atoms with van der Waals surface area (Å²) in [5, 5.41) is 1.00. The molecule has 0 saturated heterocycles. The van der Waals surface area contributed by atoms with Crippen molar-refractivity contribution >= 4 is 26.9 Å². The summed E-state index contributed by atoms with van der Waals surface area (Å²) in [6.45, 7) is 0.685. The fraction of sp³-hybridized carbons (Fsp3) is 0.647. The SMILES string of the molecule is CN(c1ncnc2[nH]ccc12)C1CC(CS(=O)(=O)N(C)CC2CC2)C1. The van der Waals surface area contributed by atoms with Gasteiger partial charge in [0.15, 0.2) is 0 Å². The Bertz CT molecular complexity index is 855. The Balaban J connectivity index is 1.36. The average Bonchev–Trinajstić information content (AvgIpc) is 3.22. The minimum Gasteiger partial charge on any atom is -0.356 e. The fourth-order valence-electron chi connectivity index (χ4n) is 3.67. The van der Waals surface area contributed by atoms with Crippen LogP contribution < -0.4 is 4.90 Å². The van der Waals surface area contributed by atoms with Crippen molar-refractivity contribution in [1.82, 2.24) is 19.3 Å². The zero-order valence-electron chi connectivity index (χ0n) is 14.7. The van der Waals surface area contributed by atoms with Crippen molar-refractivity contribution in [3.05, 3.63) is 18.6 Å². The molecule has 25 heavy (non-hydrogen) atoms. The second-order valence-corrected chi connectivity index (χ2v) is 9.66. The lowest BCUT2D eigenvalue weighted by Gasteiger charge is -2.42. The summed E-state index contributed by atoms with van der Waals surface area (Å²) in [6, 6.07) is 2.32. The van der Waals surface area contributed by atoms with Gasteiger partial charge in [0.25, 0.3) is 0 Å². The molecule has 4 rings (SSSR count). The van der Waals surface area contributed by atoms with Crippen molar-refractivity contribution in [2.24, 2.45) is 11.8 Å². The number of anilines is 1. The Kier molecular flexibility index (Phi) is 4.19. The van der Waals surface area contributed by atoms with Crippen molar-refractivity contribution in [2.45, 2.75) is 31.7 Å². The van der Waals surface area contributed by atoms with Gasteiger partial charge in [-0.25, -0.2) is 22.7 Å². The monoisotopic (exact) mass is 363 g/mol. The van der Waals surface area contributed by atoms with Crippen LogP contribution in [0.5, 0.6) is 0 Å². The summed E-state index contributed by atoms with van der Waals surface area (Å²) < 4.78 is 26.5. The number of aromatic amines is 1. The molecule has 1 N–H and O–H groups in total. The van der Waals surface area contributed by atoms with E-state index in [0.717, 1.165) is 29.7 Å². The topological polar surface area (TPSA) is 82.2 Å². The van der Waals surface area contributed by atoms with Gasteiger partial charge in [-0.3, -0.25) is 0 Å². The van der Waals surface area contributed by atoms with E-state index in [0.29, 0.717) is 18.5 Å². The van der Waals surface area contributed by atoms with E-state index in [1.165, 1.54) is 12.8 Å². The van der Waals surface area contributed by atoms with Crippen molar-refractivity contribution in [3.8, 4) is 0 Å². The Morgan fingerprint density at radius 3 is 2.68 bits per heavy atom. The van der Waals surface area contributed by atoms with Crippen molar-refractivity contribution in [1.29, 1.82) is 0 Å². The van der Waals surface area contributed by atoms with E-state index < -0.39 is 10.0 Å². The number of aromatic nitrogens is 3. The quantitative estimate of drug-likeness (QED) is 0.812. The van der Waals surface area contributed by atoms with Gasteiger partial charge in [0.1, 0.15) is 17.8 Å². The zero-order chi connectivity index (χ0) is 17.6. The molecule has 0 atom stereocenters. The molecule has 2 aliphatic rings. The van der Waals surface area contributed by atoms with E-state index in [1.54, 1.807) is 17.7 Å². The molecule has 2 heterocycles. The van der Waals surface area contributed by atoms with Crippen LogP contribution in [0.3, 0.4) is 0 Å². The van der Waals surface area contributed by atoms with Crippen LogP contribution in [-0.2, 0) is 10.0 Å². The molecule has 2 saturated carbocycles. The molecule has 0 bridgehead atoms. The van der Waals surface area contributed by atoms with E-state index in [-0.39, 0.29) is 11.7 Å². The van der Waals surface area contributed by atoms with E-state index >= 15 is 0 Å². The third-order valence-electron chi connectivity index (χ3n) is 5.56. The summed E-state index contributed by atoms with van der Waals surface area (Å²) in [5.41, 5.74) is 0.831. The minimum absolute atomic E-state index is 0.239. The van der Waals surface area contributed by atoms with Gasteiger partial charge in [0.05, 0.1) is 11.1 Å². The number of nitrogens with zero attached hydrogens (tertiary/aromatic N) is 4. The molecule has 0 aromatic carbocycles. The Labute approximate surface area is 148 Å². The van der Waals surface area contributed by atoms with Crippen LogP contribution in [0.15, 0.2) is 18.6 Å². The molecule has 0 unspecified atom stereocenters. The van der Waals surface area contributed by atoms with E-state index in [2.05, 4.69) is 19.9 Å². The van der Waals surface area contributed by atoms with Gasteiger partial charge >= 0.3 is 0 Å². The highest BCUT2D eigenvalue weighted by atomic mass is 32.2. The third kappa shape index (κ3) is 3.37. The molecule has 0 amide bonds. The highest BCUT2D eigenvalue weighted by Crippen LogP contribution is 2.36. The largest absolute Gasteiger partial charge is 0.356 e. The van der Waals surface area contributed by atoms with Crippen LogP contribution in [0.4, 0.5) is 5.82 Å². The number of H-pyrrole nitrogens is 1. The minimum atomic E-state index is -3.13. The average molecular weight is 363 g/mol. The fourth-order valence-corrected chi connectivity index (χ4v) is 5.23. The van der Waals surface area contributed by atoms with Gasteiger partial charge in [-0.05, 0) is 43.6 Å². The van der Waals surface area contributed by atoms with Gasteiger partial charge < -0.3 is 9.88 Å². The molecule has 8 heteroatoms. The number of hydrogen-bond donors (Lipinski definition) is 1. The van der Waals surface area contributed by atoms with Crippen LogP contribution in [0.1, 0.15) is 25.7 Å².